The normalized spacial score (nSPS) is 23.2. The van der Waals surface area contributed by atoms with Crippen molar-refractivity contribution in [2.24, 2.45) is 5.92 Å². The molecule has 0 atom stereocenters. The highest BCUT2D eigenvalue weighted by atomic mass is 15.3. The maximum Gasteiger partial charge on any atom is 0.0113 e. The van der Waals surface area contributed by atoms with E-state index in [0.29, 0.717) is 0 Å². The Balaban J connectivity index is 0.000000861. The molecule has 2 fully saturated rings. The van der Waals surface area contributed by atoms with Gasteiger partial charge in [-0.2, -0.15) is 0 Å². The third-order valence-corrected chi connectivity index (χ3v) is 4.52. The van der Waals surface area contributed by atoms with Crippen LogP contribution in [0.5, 0.6) is 0 Å². The van der Waals surface area contributed by atoms with E-state index in [1.807, 2.05) is 13.8 Å². The minimum Gasteiger partial charge on any atom is -0.301 e. The quantitative estimate of drug-likeness (QED) is 0.760. The highest BCUT2D eigenvalue weighted by molar-refractivity contribution is 4.80. The first kappa shape index (κ1) is 17.0. The molecular weight excluding hydrogens is 232 g/mol. The fourth-order valence-electron chi connectivity index (χ4n) is 3.24. The van der Waals surface area contributed by atoms with Gasteiger partial charge in [0.15, 0.2) is 0 Å². The van der Waals surface area contributed by atoms with Crippen LogP contribution in [0, 0.1) is 5.92 Å². The molecule has 2 nitrogen and oxygen atoms in total. The second-order valence-corrected chi connectivity index (χ2v) is 6.35. The van der Waals surface area contributed by atoms with Gasteiger partial charge >= 0.3 is 0 Å². The van der Waals surface area contributed by atoms with Crippen molar-refractivity contribution in [1.82, 2.24) is 9.80 Å². The molecule has 114 valence electrons. The lowest BCUT2D eigenvalue weighted by Crippen LogP contribution is -2.50. The summed E-state index contributed by atoms with van der Waals surface area (Å²) < 4.78 is 0. The number of rotatable bonds is 4. The summed E-state index contributed by atoms with van der Waals surface area (Å²) in [6.07, 6.45) is 8.71. The monoisotopic (exact) mass is 268 g/mol. The van der Waals surface area contributed by atoms with Crippen molar-refractivity contribution in [3.63, 3.8) is 0 Å². The first-order chi connectivity index (χ1) is 9.25. The SMILES string of the molecule is CC.CC(C)CCN1CCN(C2CCCCC2)CC1. The maximum absolute atomic E-state index is 2.77. The van der Waals surface area contributed by atoms with Gasteiger partial charge in [0.25, 0.3) is 0 Å². The van der Waals surface area contributed by atoms with Gasteiger partial charge in [0.1, 0.15) is 0 Å². The van der Waals surface area contributed by atoms with Crippen LogP contribution in [0.2, 0.25) is 0 Å². The van der Waals surface area contributed by atoms with Crippen LogP contribution in [0.25, 0.3) is 0 Å². The Bertz CT molecular complexity index is 201. The average Bonchev–Trinajstić information content (AvgIpc) is 2.49. The first-order valence-electron chi connectivity index (χ1n) is 8.72. The average molecular weight is 268 g/mol. The first-order valence-corrected chi connectivity index (χ1v) is 8.72. The standard InChI is InChI=1S/C15H30N2.C2H6/c1-14(2)8-9-16-10-12-17(13-11-16)15-6-4-3-5-7-15;1-2/h14-15H,3-13H2,1-2H3;1-2H3. The molecule has 1 saturated carbocycles. The molecule has 0 N–H and O–H groups in total. The number of hydrogen-bond donors (Lipinski definition) is 0. The number of nitrogens with zero attached hydrogens (tertiary/aromatic N) is 2. The predicted molar refractivity (Wildman–Crippen MR) is 85.7 cm³/mol. The second kappa shape index (κ2) is 9.77. The molecule has 2 aliphatic rings. The molecule has 0 amide bonds. The summed E-state index contributed by atoms with van der Waals surface area (Å²) in [7, 11) is 0. The minimum atomic E-state index is 0.853. The van der Waals surface area contributed by atoms with Crippen LogP contribution >= 0.6 is 0 Å². The molecule has 1 aliphatic heterocycles. The van der Waals surface area contributed by atoms with Gasteiger partial charge in [0.2, 0.25) is 0 Å². The topological polar surface area (TPSA) is 6.48 Å². The lowest BCUT2D eigenvalue weighted by molar-refractivity contribution is 0.0768. The molecule has 0 aromatic rings. The van der Waals surface area contributed by atoms with E-state index in [2.05, 4.69) is 23.6 Å². The zero-order chi connectivity index (χ0) is 14.1. The van der Waals surface area contributed by atoms with E-state index in [1.54, 1.807) is 0 Å². The molecule has 0 radical (unpaired) electrons. The molecule has 0 aromatic heterocycles. The van der Waals surface area contributed by atoms with E-state index >= 15 is 0 Å². The Morgan fingerprint density at radius 3 is 2.00 bits per heavy atom. The van der Waals surface area contributed by atoms with E-state index in [4.69, 9.17) is 0 Å². The fourth-order valence-corrected chi connectivity index (χ4v) is 3.24. The summed E-state index contributed by atoms with van der Waals surface area (Å²) in [5, 5.41) is 0. The summed E-state index contributed by atoms with van der Waals surface area (Å²) in [5.74, 6) is 0.853. The van der Waals surface area contributed by atoms with Gasteiger partial charge in [-0.25, -0.2) is 0 Å². The van der Waals surface area contributed by atoms with Crippen LogP contribution in [-0.2, 0) is 0 Å². The summed E-state index contributed by atoms with van der Waals surface area (Å²) in [6, 6.07) is 0.927. The Morgan fingerprint density at radius 1 is 0.895 bits per heavy atom. The molecule has 2 rings (SSSR count). The molecule has 1 heterocycles. The van der Waals surface area contributed by atoms with Gasteiger partial charge in [-0.05, 0) is 31.7 Å². The summed E-state index contributed by atoms with van der Waals surface area (Å²) in [4.78, 5) is 5.43. The largest absolute Gasteiger partial charge is 0.301 e. The zero-order valence-corrected chi connectivity index (χ0v) is 13.8. The summed E-state index contributed by atoms with van der Waals surface area (Å²) >= 11 is 0. The molecule has 1 aliphatic carbocycles. The van der Waals surface area contributed by atoms with E-state index < -0.39 is 0 Å². The van der Waals surface area contributed by atoms with Crippen molar-refractivity contribution >= 4 is 0 Å². The van der Waals surface area contributed by atoms with Crippen molar-refractivity contribution in [1.29, 1.82) is 0 Å². The molecule has 1 saturated heterocycles. The number of piperazine rings is 1. The number of hydrogen-bond acceptors (Lipinski definition) is 2. The van der Waals surface area contributed by atoms with Crippen molar-refractivity contribution in [2.75, 3.05) is 32.7 Å². The highest BCUT2D eigenvalue weighted by Gasteiger charge is 2.24. The zero-order valence-electron chi connectivity index (χ0n) is 13.8. The Morgan fingerprint density at radius 2 is 1.47 bits per heavy atom. The maximum atomic E-state index is 2.77. The van der Waals surface area contributed by atoms with Crippen molar-refractivity contribution in [2.45, 2.75) is 72.3 Å². The second-order valence-electron chi connectivity index (χ2n) is 6.35. The van der Waals surface area contributed by atoms with Crippen LogP contribution in [0.15, 0.2) is 0 Å². The van der Waals surface area contributed by atoms with Crippen molar-refractivity contribution < 1.29 is 0 Å². The molecule has 0 unspecified atom stereocenters. The Kier molecular flexibility index (Phi) is 8.72. The molecule has 0 bridgehead atoms. The summed E-state index contributed by atoms with van der Waals surface area (Å²) in [6.45, 7) is 15.2. The van der Waals surface area contributed by atoms with Crippen molar-refractivity contribution in [3.8, 4) is 0 Å². The molecule has 0 spiro atoms. The van der Waals surface area contributed by atoms with Gasteiger partial charge in [-0.1, -0.05) is 47.0 Å². The van der Waals surface area contributed by atoms with Crippen LogP contribution in [0.3, 0.4) is 0 Å². The van der Waals surface area contributed by atoms with E-state index in [-0.39, 0.29) is 0 Å². The van der Waals surface area contributed by atoms with Crippen LogP contribution in [-0.4, -0.2) is 48.6 Å². The lowest BCUT2D eigenvalue weighted by Gasteiger charge is -2.41. The minimum absolute atomic E-state index is 0.853. The third kappa shape index (κ3) is 6.27. The van der Waals surface area contributed by atoms with Gasteiger partial charge < -0.3 is 4.90 Å². The van der Waals surface area contributed by atoms with E-state index in [9.17, 15) is 0 Å². The van der Waals surface area contributed by atoms with Gasteiger partial charge in [0, 0.05) is 32.2 Å². The van der Waals surface area contributed by atoms with Crippen LogP contribution in [0.1, 0.15) is 66.2 Å². The Labute approximate surface area is 121 Å². The summed E-state index contributed by atoms with van der Waals surface area (Å²) in [5.41, 5.74) is 0. The third-order valence-electron chi connectivity index (χ3n) is 4.52. The Hall–Kier alpha value is -0.0800. The van der Waals surface area contributed by atoms with Gasteiger partial charge in [-0.3, -0.25) is 4.90 Å². The van der Waals surface area contributed by atoms with Crippen LogP contribution < -0.4 is 0 Å². The predicted octanol–water partition coefficient (Wildman–Crippen LogP) is 4.01. The highest BCUT2D eigenvalue weighted by Crippen LogP contribution is 2.23. The molecule has 2 heteroatoms. The van der Waals surface area contributed by atoms with Gasteiger partial charge in [0.05, 0.1) is 0 Å². The lowest BCUT2D eigenvalue weighted by atomic mass is 9.94. The fraction of sp³-hybridized carbons (Fsp3) is 1.00. The van der Waals surface area contributed by atoms with E-state index in [1.165, 1.54) is 71.2 Å². The van der Waals surface area contributed by atoms with Crippen molar-refractivity contribution in [3.05, 3.63) is 0 Å². The smallest absolute Gasteiger partial charge is 0.0113 e. The van der Waals surface area contributed by atoms with E-state index in [0.717, 1.165) is 12.0 Å². The van der Waals surface area contributed by atoms with Gasteiger partial charge in [-0.15, -0.1) is 0 Å². The molecule has 0 aromatic carbocycles. The molecular formula is C17H36N2. The molecule has 19 heavy (non-hydrogen) atoms. The van der Waals surface area contributed by atoms with Crippen LogP contribution in [0.4, 0.5) is 0 Å².